The summed E-state index contributed by atoms with van der Waals surface area (Å²) in [5.41, 5.74) is 15.3. The monoisotopic (exact) mass is 729 g/mol. The molecule has 0 radical (unpaired) electrons. The van der Waals surface area contributed by atoms with Crippen LogP contribution in [0.1, 0.15) is 22.3 Å². The van der Waals surface area contributed by atoms with Crippen LogP contribution in [0.4, 0.5) is 0 Å². The molecule has 4 heteroatoms. The molecule has 0 bridgehead atoms. The van der Waals surface area contributed by atoms with Crippen LogP contribution in [-0.4, -0.2) is 15.0 Å². The van der Waals surface area contributed by atoms with E-state index in [1.54, 1.807) is 11.3 Å². The van der Waals surface area contributed by atoms with Gasteiger partial charge < -0.3 is 0 Å². The lowest BCUT2D eigenvalue weighted by Gasteiger charge is -2.30. The highest BCUT2D eigenvalue weighted by atomic mass is 32.1. The van der Waals surface area contributed by atoms with Crippen LogP contribution in [0.2, 0.25) is 0 Å². The van der Waals surface area contributed by atoms with Gasteiger partial charge in [0.1, 0.15) is 0 Å². The van der Waals surface area contributed by atoms with Crippen molar-refractivity contribution in [2.75, 3.05) is 0 Å². The molecule has 0 unspecified atom stereocenters. The minimum absolute atomic E-state index is 0.377. The second-order valence-electron chi connectivity index (χ2n) is 14.6. The van der Waals surface area contributed by atoms with Gasteiger partial charge in [0.05, 0.1) is 5.41 Å². The maximum absolute atomic E-state index is 5.32. The maximum atomic E-state index is 5.32. The lowest BCUT2D eigenvalue weighted by Crippen LogP contribution is -2.25. The molecule has 1 spiro atoms. The van der Waals surface area contributed by atoms with E-state index < -0.39 is 0 Å². The van der Waals surface area contributed by atoms with Gasteiger partial charge in [-0.2, -0.15) is 0 Å². The minimum atomic E-state index is -0.377. The first kappa shape index (κ1) is 31.4. The maximum Gasteiger partial charge on any atom is 0.164 e. The molecule has 2 aliphatic rings. The van der Waals surface area contributed by atoms with E-state index >= 15 is 0 Å². The molecule has 56 heavy (non-hydrogen) atoms. The smallest absolute Gasteiger partial charge is 0.164 e. The largest absolute Gasteiger partial charge is 0.208 e. The first-order valence-electron chi connectivity index (χ1n) is 19.0. The Bertz CT molecular complexity index is 3170. The second kappa shape index (κ2) is 12.0. The summed E-state index contributed by atoms with van der Waals surface area (Å²) in [5, 5.41) is 2.40. The van der Waals surface area contributed by atoms with E-state index in [0.29, 0.717) is 17.5 Å². The van der Waals surface area contributed by atoms with Crippen LogP contribution in [0.15, 0.2) is 188 Å². The SMILES string of the molecule is c1ccc(-c2nc(-c3ccccc3-c3ccc4c(c3)-c3ccccc3C43c4ccccc4-c4ccccc43)nc(-c3cccc4sc5ccccc5c34)n2)cc1. The number of hydrogen-bond donors (Lipinski definition) is 0. The number of fused-ring (bicyclic) bond motifs is 13. The number of rotatable bonds is 4. The Labute approximate surface area is 328 Å². The summed E-state index contributed by atoms with van der Waals surface area (Å²) in [5.74, 6) is 1.97. The zero-order valence-electron chi connectivity index (χ0n) is 30.1. The number of nitrogens with zero attached hydrogens (tertiary/aromatic N) is 3. The van der Waals surface area contributed by atoms with Gasteiger partial charge in [0, 0.05) is 36.9 Å². The Morgan fingerprint density at radius 2 is 0.821 bits per heavy atom. The summed E-state index contributed by atoms with van der Waals surface area (Å²) >= 11 is 1.80. The summed E-state index contributed by atoms with van der Waals surface area (Å²) in [7, 11) is 0. The van der Waals surface area contributed by atoms with Crippen molar-refractivity contribution in [3.05, 3.63) is 210 Å². The molecule has 8 aromatic carbocycles. The highest BCUT2D eigenvalue weighted by Crippen LogP contribution is 2.63. The number of hydrogen-bond acceptors (Lipinski definition) is 4. The third-order valence-corrected chi connectivity index (χ3v) is 12.9. The molecular formula is C52H31N3S. The van der Waals surface area contributed by atoms with Gasteiger partial charge in [-0.15, -0.1) is 11.3 Å². The topological polar surface area (TPSA) is 38.7 Å². The van der Waals surface area contributed by atoms with Gasteiger partial charge in [0.15, 0.2) is 17.5 Å². The Balaban J connectivity index is 1.07. The molecule has 0 fully saturated rings. The zero-order chi connectivity index (χ0) is 36.8. The van der Waals surface area contributed by atoms with Gasteiger partial charge in [0.2, 0.25) is 0 Å². The molecule has 0 saturated carbocycles. The van der Waals surface area contributed by atoms with Crippen molar-refractivity contribution >= 4 is 31.5 Å². The van der Waals surface area contributed by atoms with E-state index in [1.807, 2.05) is 18.2 Å². The van der Waals surface area contributed by atoms with Crippen LogP contribution in [0.3, 0.4) is 0 Å². The number of benzene rings is 8. The van der Waals surface area contributed by atoms with Crippen LogP contribution in [0.25, 0.3) is 87.7 Å². The molecule has 2 aliphatic carbocycles. The first-order chi connectivity index (χ1) is 27.8. The molecule has 3 nitrogen and oxygen atoms in total. The first-order valence-corrected chi connectivity index (χ1v) is 19.8. The third kappa shape index (κ3) is 4.36. The van der Waals surface area contributed by atoms with Gasteiger partial charge in [0.25, 0.3) is 0 Å². The lowest BCUT2D eigenvalue weighted by molar-refractivity contribution is 0.794. The van der Waals surface area contributed by atoms with E-state index in [-0.39, 0.29) is 5.41 Å². The summed E-state index contributed by atoms with van der Waals surface area (Å²) in [6.07, 6.45) is 0. The zero-order valence-corrected chi connectivity index (χ0v) is 31.0. The number of aromatic nitrogens is 3. The summed E-state index contributed by atoms with van der Waals surface area (Å²) in [6, 6.07) is 67.8. The second-order valence-corrected chi connectivity index (χ2v) is 15.7. The summed E-state index contributed by atoms with van der Waals surface area (Å²) in [4.78, 5) is 15.7. The predicted octanol–water partition coefficient (Wildman–Crippen LogP) is 13.3. The Morgan fingerprint density at radius 3 is 1.54 bits per heavy atom. The van der Waals surface area contributed by atoms with Gasteiger partial charge in [-0.05, 0) is 73.8 Å². The van der Waals surface area contributed by atoms with Crippen molar-refractivity contribution in [2.45, 2.75) is 5.41 Å². The van der Waals surface area contributed by atoms with Gasteiger partial charge in [-0.1, -0.05) is 170 Å². The Hall–Kier alpha value is -7.01. The van der Waals surface area contributed by atoms with Crippen LogP contribution in [0.5, 0.6) is 0 Å². The fourth-order valence-corrected chi connectivity index (χ4v) is 10.6. The molecule has 0 amide bonds. The van der Waals surface area contributed by atoms with Gasteiger partial charge in [-0.3, -0.25) is 0 Å². The number of thiophene rings is 1. The van der Waals surface area contributed by atoms with Crippen molar-refractivity contribution in [2.24, 2.45) is 0 Å². The lowest BCUT2D eigenvalue weighted by atomic mass is 9.70. The average molecular weight is 730 g/mol. The van der Waals surface area contributed by atoms with E-state index in [1.165, 1.54) is 64.7 Å². The molecule has 0 aliphatic heterocycles. The predicted molar refractivity (Wildman–Crippen MR) is 231 cm³/mol. The molecular weight excluding hydrogens is 699 g/mol. The van der Waals surface area contributed by atoms with E-state index in [9.17, 15) is 0 Å². The molecule has 10 aromatic rings. The molecule has 2 aromatic heterocycles. The standard InChI is InChI=1S/C52H31N3S/c1-2-15-32(16-3-1)49-53-50(55-51(54-49)40-23-14-28-47-48(40)39-22-9-13-27-46(39)56-47)38-21-5-4-17-34(38)33-29-30-45-41(31-33)37-20-8-12-26-44(37)52(45)42-24-10-6-18-35(42)36-19-7-11-25-43(36)52/h1-31H. The van der Waals surface area contributed by atoms with Crippen LogP contribution in [-0.2, 0) is 5.41 Å². The highest BCUT2D eigenvalue weighted by Gasteiger charge is 2.51. The fourth-order valence-electron chi connectivity index (χ4n) is 9.49. The average Bonchev–Trinajstić information content (AvgIpc) is 3.91. The molecule has 0 N–H and O–H groups in total. The fraction of sp³-hybridized carbons (Fsp3) is 0.0192. The molecule has 2 heterocycles. The Kier molecular flexibility index (Phi) is 6.72. The molecule has 260 valence electrons. The van der Waals surface area contributed by atoms with Crippen LogP contribution < -0.4 is 0 Å². The highest BCUT2D eigenvalue weighted by molar-refractivity contribution is 7.25. The van der Waals surface area contributed by atoms with Crippen LogP contribution in [0, 0.1) is 0 Å². The van der Waals surface area contributed by atoms with Gasteiger partial charge >= 0.3 is 0 Å². The third-order valence-electron chi connectivity index (χ3n) is 11.8. The summed E-state index contributed by atoms with van der Waals surface area (Å²) < 4.78 is 2.47. The van der Waals surface area contributed by atoms with Crippen molar-refractivity contribution in [3.8, 4) is 67.5 Å². The van der Waals surface area contributed by atoms with Crippen LogP contribution >= 0.6 is 11.3 Å². The minimum Gasteiger partial charge on any atom is -0.208 e. The van der Waals surface area contributed by atoms with E-state index in [2.05, 4.69) is 170 Å². The Morgan fingerprint density at radius 1 is 0.321 bits per heavy atom. The molecule has 0 saturated heterocycles. The quantitative estimate of drug-likeness (QED) is 0.181. The molecule has 12 rings (SSSR count). The van der Waals surface area contributed by atoms with E-state index in [0.717, 1.165) is 27.8 Å². The summed E-state index contributed by atoms with van der Waals surface area (Å²) in [6.45, 7) is 0. The van der Waals surface area contributed by atoms with E-state index in [4.69, 9.17) is 15.0 Å². The molecule has 0 atom stereocenters. The van der Waals surface area contributed by atoms with Gasteiger partial charge in [-0.25, -0.2) is 15.0 Å². The van der Waals surface area contributed by atoms with Crippen molar-refractivity contribution in [1.82, 2.24) is 15.0 Å². The normalized spacial score (nSPS) is 13.1. The van der Waals surface area contributed by atoms with Crippen molar-refractivity contribution in [3.63, 3.8) is 0 Å². The van der Waals surface area contributed by atoms with Crippen molar-refractivity contribution < 1.29 is 0 Å². The van der Waals surface area contributed by atoms with Crippen molar-refractivity contribution in [1.29, 1.82) is 0 Å².